The molecule has 2 aliphatic heterocycles. The number of unbranched alkanes of at least 4 members (excludes halogenated alkanes) is 4. The molecule has 0 unspecified atom stereocenters. The van der Waals surface area contributed by atoms with E-state index < -0.39 is 0 Å². The summed E-state index contributed by atoms with van der Waals surface area (Å²) in [4.78, 5) is 20.9. The van der Waals surface area contributed by atoms with Gasteiger partial charge in [0.25, 0.3) is 0 Å². The minimum absolute atomic E-state index is 0.897. The van der Waals surface area contributed by atoms with Crippen LogP contribution in [0.1, 0.15) is 125 Å². The third-order valence-corrected chi connectivity index (χ3v) is 11.4. The number of hydrogen-bond donors (Lipinski definition) is 3. The number of benzene rings is 1. The van der Waals surface area contributed by atoms with Gasteiger partial charge < -0.3 is 20.2 Å². The minimum atomic E-state index is 0.897. The van der Waals surface area contributed by atoms with Crippen molar-refractivity contribution in [3.05, 3.63) is 87.5 Å². The fraction of sp³-hybridized carbons (Fsp3) is 0.435. The molecule has 0 saturated heterocycles. The number of allylic oxidation sites excluding steroid dienone is 4. The molecule has 8 bridgehead atoms. The zero-order valence-corrected chi connectivity index (χ0v) is 33.5. The van der Waals surface area contributed by atoms with E-state index in [1.54, 1.807) is 0 Å². The molecule has 0 spiro atoms. The molecule has 3 N–H and O–H groups in total. The van der Waals surface area contributed by atoms with Crippen LogP contribution in [0.3, 0.4) is 0 Å². The number of hydrogen-bond acceptors (Lipinski definition) is 4. The number of H-pyrrole nitrogens is 2. The largest absolute Gasteiger partial charge is 0.384 e. The quantitative estimate of drug-likeness (QED) is 0.122. The molecule has 0 amide bonds. The van der Waals surface area contributed by atoms with Gasteiger partial charge in [-0.25, -0.2) is 9.97 Å². The van der Waals surface area contributed by atoms with Crippen molar-refractivity contribution < 1.29 is 0 Å². The van der Waals surface area contributed by atoms with Gasteiger partial charge in [-0.05, 0) is 162 Å². The first-order valence-corrected chi connectivity index (χ1v) is 19.6. The van der Waals surface area contributed by atoms with Gasteiger partial charge in [0.15, 0.2) is 0 Å². The first kappa shape index (κ1) is 37.3. The van der Waals surface area contributed by atoms with Crippen molar-refractivity contribution in [3.63, 3.8) is 0 Å². The van der Waals surface area contributed by atoms with Gasteiger partial charge in [-0.1, -0.05) is 51.7 Å². The molecule has 0 radical (unpaired) electrons. The normalized spacial score (nSPS) is 13.2. The molecule has 52 heavy (non-hydrogen) atoms. The van der Waals surface area contributed by atoms with E-state index in [4.69, 9.17) is 9.97 Å². The number of aryl methyl sites for hydroxylation is 4. The molecule has 6 rings (SSSR count). The molecule has 2 aliphatic rings. The monoisotopic (exact) mass is 696 g/mol. The topological polar surface area (TPSA) is 72.6 Å². The van der Waals surface area contributed by atoms with Gasteiger partial charge in [0.2, 0.25) is 0 Å². The van der Waals surface area contributed by atoms with Crippen molar-refractivity contribution in [2.24, 2.45) is 0 Å². The van der Waals surface area contributed by atoms with E-state index in [-0.39, 0.29) is 0 Å². The molecule has 274 valence electrons. The predicted octanol–water partition coefficient (Wildman–Crippen LogP) is 12.1. The molecule has 0 atom stereocenters. The second-order valence-corrected chi connectivity index (χ2v) is 15.3. The van der Waals surface area contributed by atoms with Gasteiger partial charge in [0.1, 0.15) is 0 Å². The van der Waals surface area contributed by atoms with Crippen LogP contribution in [0.15, 0.2) is 42.5 Å². The molecule has 0 fully saturated rings. The standard InChI is InChI=1S/C46H60N6/c1-11-13-15-17-36-32(7)40-25-38-28(3)30(5)45(50-38)44(34-19-21-35(22-20-34)47-23-24-52(9)10)46-31(6)29(4)39(51-46)26-41-33(8)37(18-16-14-12-2)43(49-41)27-42(36)48-40/h19-22,25-27,47-48,50H,11-18,23-24H2,1-10H3. The number of likely N-dealkylation sites (N-methyl/N-ethyl adjacent to an activating group) is 1. The third-order valence-electron chi connectivity index (χ3n) is 11.4. The Bertz CT molecular complexity index is 2170. The Morgan fingerprint density at radius 3 is 2.00 bits per heavy atom. The smallest absolute Gasteiger partial charge is 0.0768 e. The summed E-state index contributed by atoms with van der Waals surface area (Å²) < 4.78 is 0. The highest BCUT2D eigenvalue weighted by atomic mass is 15.1. The molecule has 0 saturated carbocycles. The molecular formula is C46H60N6. The summed E-state index contributed by atoms with van der Waals surface area (Å²) in [5.74, 6) is 0. The maximum Gasteiger partial charge on any atom is 0.0768 e. The van der Waals surface area contributed by atoms with E-state index in [9.17, 15) is 0 Å². The molecule has 3 aromatic heterocycles. The van der Waals surface area contributed by atoms with Gasteiger partial charge >= 0.3 is 0 Å². The summed E-state index contributed by atoms with van der Waals surface area (Å²) in [5, 5.41) is 3.58. The van der Waals surface area contributed by atoms with E-state index >= 15 is 0 Å². The predicted molar refractivity (Wildman–Crippen MR) is 226 cm³/mol. The summed E-state index contributed by atoms with van der Waals surface area (Å²) in [7, 11) is 4.21. The van der Waals surface area contributed by atoms with Gasteiger partial charge in [0, 0.05) is 40.9 Å². The van der Waals surface area contributed by atoms with E-state index in [1.165, 1.54) is 94.1 Å². The highest BCUT2D eigenvalue weighted by molar-refractivity contribution is 6.01. The summed E-state index contributed by atoms with van der Waals surface area (Å²) >= 11 is 0. The van der Waals surface area contributed by atoms with Crippen molar-refractivity contribution in [3.8, 4) is 11.1 Å². The van der Waals surface area contributed by atoms with Gasteiger partial charge in [-0.15, -0.1) is 0 Å². The minimum Gasteiger partial charge on any atom is -0.384 e. The Hall–Kier alpha value is -4.42. The van der Waals surface area contributed by atoms with Crippen LogP contribution in [0.25, 0.3) is 55.5 Å². The summed E-state index contributed by atoms with van der Waals surface area (Å²) in [5.41, 5.74) is 22.5. The first-order chi connectivity index (χ1) is 25.0. The Morgan fingerprint density at radius 1 is 0.635 bits per heavy atom. The zero-order valence-electron chi connectivity index (χ0n) is 33.5. The van der Waals surface area contributed by atoms with Crippen LogP contribution in [0.4, 0.5) is 5.69 Å². The maximum absolute atomic E-state index is 5.45. The third kappa shape index (κ3) is 7.54. The van der Waals surface area contributed by atoms with Crippen molar-refractivity contribution in [2.75, 3.05) is 32.5 Å². The molecule has 5 heterocycles. The van der Waals surface area contributed by atoms with Crippen LogP contribution in [-0.2, 0) is 6.42 Å². The zero-order chi connectivity index (χ0) is 37.1. The van der Waals surface area contributed by atoms with Crippen molar-refractivity contribution >= 4 is 50.0 Å². The molecular weight excluding hydrogens is 637 g/mol. The van der Waals surface area contributed by atoms with E-state index in [0.29, 0.717) is 0 Å². The SMILES string of the molecule is CCCCCC1=C(C)c2cc3nc(c(-c4ccc(NCCN(C)C)cc4)c4[nH]c(cc5[nH]c(cc1n2)c(CCCCC)c5C)c(C)c4C)C(C)=C3C. The van der Waals surface area contributed by atoms with Crippen LogP contribution in [0, 0.1) is 20.8 Å². The lowest BCUT2D eigenvalue weighted by Crippen LogP contribution is -2.20. The first-order valence-electron chi connectivity index (χ1n) is 19.6. The average molecular weight is 697 g/mol. The number of fused-ring (bicyclic) bond motifs is 8. The Balaban J connectivity index is 1.68. The van der Waals surface area contributed by atoms with Crippen LogP contribution in [-0.4, -0.2) is 52.0 Å². The molecule has 4 aromatic rings. The number of nitrogens with one attached hydrogen (secondary N) is 3. The fourth-order valence-corrected chi connectivity index (χ4v) is 7.71. The highest BCUT2D eigenvalue weighted by Gasteiger charge is 2.23. The number of anilines is 1. The van der Waals surface area contributed by atoms with E-state index in [0.717, 1.165) is 76.6 Å². The van der Waals surface area contributed by atoms with Crippen LogP contribution in [0.5, 0.6) is 0 Å². The second-order valence-electron chi connectivity index (χ2n) is 15.3. The van der Waals surface area contributed by atoms with Crippen molar-refractivity contribution in [2.45, 2.75) is 107 Å². The maximum atomic E-state index is 5.45. The number of aromatic amines is 2. The van der Waals surface area contributed by atoms with Gasteiger partial charge in [0.05, 0.1) is 28.3 Å². The van der Waals surface area contributed by atoms with E-state index in [2.05, 4.69) is 132 Å². The molecule has 6 heteroatoms. The molecule has 1 aromatic carbocycles. The fourth-order valence-electron chi connectivity index (χ4n) is 7.71. The van der Waals surface area contributed by atoms with Gasteiger partial charge in [-0.3, -0.25) is 0 Å². The lowest BCUT2D eigenvalue weighted by Gasteiger charge is -2.12. The molecule has 6 nitrogen and oxygen atoms in total. The molecule has 0 aliphatic carbocycles. The Morgan fingerprint density at radius 2 is 1.31 bits per heavy atom. The summed E-state index contributed by atoms with van der Waals surface area (Å²) in [6.45, 7) is 19.9. The number of nitrogens with zero attached hydrogens (tertiary/aromatic N) is 3. The number of aromatic nitrogens is 4. The van der Waals surface area contributed by atoms with Crippen LogP contribution < -0.4 is 5.32 Å². The number of rotatable bonds is 13. The van der Waals surface area contributed by atoms with Crippen molar-refractivity contribution in [1.82, 2.24) is 24.8 Å². The summed E-state index contributed by atoms with van der Waals surface area (Å²) in [6, 6.07) is 15.8. The van der Waals surface area contributed by atoms with Crippen LogP contribution in [0.2, 0.25) is 0 Å². The highest BCUT2D eigenvalue weighted by Crippen LogP contribution is 2.41. The van der Waals surface area contributed by atoms with E-state index in [1.807, 2.05) is 0 Å². The lowest BCUT2D eigenvalue weighted by atomic mass is 9.96. The lowest BCUT2D eigenvalue weighted by molar-refractivity contribution is 0.425. The van der Waals surface area contributed by atoms with Crippen LogP contribution >= 0.6 is 0 Å². The Labute approximate surface area is 311 Å². The summed E-state index contributed by atoms with van der Waals surface area (Å²) in [6.07, 6.45) is 9.31. The van der Waals surface area contributed by atoms with Crippen molar-refractivity contribution in [1.29, 1.82) is 0 Å². The second kappa shape index (κ2) is 16.1. The Kier molecular flexibility index (Phi) is 11.5. The van der Waals surface area contributed by atoms with Gasteiger partial charge in [-0.2, -0.15) is 0 Å². The average Bonchev–Trinajstić information content (AvgIpc) is 3.77.